The van der Waals surface area contributed by atoms with Gasteiger partial charge in [-0.2, -0.15) is 5.26 Å². The number of esters is 1. The van der Waals surface area contributed by atoms with E-state index in [1.54, 1.807) is 42.5 Å². The lowest BCUT2D eigenvalue weighted by atomic mass is 10.1. The van der Waals surface area contributed by atoms with Crippen molar-refractivity contribution in [3.63, 3.8) is 0 Å². The Morgan fingerprint density at radius 3 is 2.46 bits per heavy atom. The number of aromatic nitrogens is 1. The molecule has 1 aliphatic rings. The Balaban J connectivity index is 1.42. The zero-order chi connectivity index (χ0) is 26.4. The molecule has 37 heavy (non-hydrogen) atoms. The summed E-state index contributed by atoms with van der Waals surface area (Å²) in [6, 6.07) is 19.9. The second-order valence-corrected chi connectivity index (χ2v) is 9.50. The van der Waals surface area contributed by atoms with E-state index in [1.165, 1.54) is 24.3 Å². The first-order valence-electron chi connectivity index (χ1n) is 11.7. The number of benzene rings is 2. The number of hydrogen-bond acceptors (Lipinski definition) is 8. The highest BCUT2D eigenvalue weighted by atomic mass is 32.2. The molecule has 1 atom stereocenters. The summed E-state index contributed by atoms with van der Waals surface area (Å²) >= 11 is 1.12. The quantitative estimate of drug-likeness (QED) is 0.235. The standard InChI is InChI=1S/C28H23N3O5S/c1-2-6-21-12-9-20(16-29)26(30-21)37-24-15-25(33)31(27(24)34)22-13-10-19(11-14-22)28(35)36-17-23(32)18-7-4-3-5-8-18/h3-5,7-14,24H,2,6,15,17H2,1H3. The zero-order valence-corrected chi connectivity index (χ0v) is 20.9. The van der Waals surface area contributed by atoms with Crippen LogP contribution in [0, 0.1) is 11.3 Å². The van der Waals surface area contributed by atoms with Crippen LogP contribution < -0.4 is 4.90 Å². The highest BCUT2D eigenvalue weighted by Gasteiger charge is 2.40. The first-order chi connectivity index (χ1) is 17.9. The van der Waals surface area contributed by atoms with E-state index in [0.717, 1.165) is 35.2 Å². The fourth-order valence-corrected chi connectivity index (χ4v) is 4.93. The van der Waals surface area contributed by atoms with Gasteiger partial charge in [0.05, 0.1) is 22.1 Å². The minimum absolute atomic E-state index is 0.0283. The molecule has 0 aliphatic carbocycles. The van der Waals surface area contributed by atoms with Gasteiger partial charge in [0.2, 0.25) is 11.8 Å². The smallest absolute Gasteiger partial charge is 0.338 e. The summed E-state index contributed by atoms with van der Waals surface area (Å²) in [7, 11) is 0. The van der Waals surface area contributed by atoms with Gasteiger partial charge in [-0.15, -0.1) is 0 Å². The number of amides is 2. The van der Waals surface area contributed by atoms with Crippen LogP contribution in [-0.4, -0.2) is 40.4 Å². The minimum Gasteiger partial charge on any atom is -0.454 e. The monoisotopic (exact) mass is 513 g/mol. The van der Waals surface area contributed by atoms with Gasteiger partial charge in [0.25, 0.3) is 0 Å². The molecule has 4 rings (SSSR count). The van der Waals surface area contributed by atoms with Crippen molar-refractivity contribution in [2.24, 2.45) is 0 Å². The van der Waals surface area contributed by atoms with Crippen molar-refractivity contribution in [1.29, 1.82) is 5.26 Å². The number of aryl methyl sites for hydroxylation is 1. The third-order valence-corrected chi connectivity index (χ3v) is 6.88. The number of Topliss-reactive ketones (excluding diaryl/α,β-unsaturated/α-hetero) is 1. The van der Waals surface area contributed by atoms with Gasteiger partial charge in [0.15, 0.2) is 12.4 Å². The average Bonchev–Trinajstić information content (AvgIpc) is 3.20. The van der Waals surface area contributed by atoms with E-state index in [-0.39, 0.29) is 23.7 Å². The van der Waals surface area contributed by atoms with Crippen LogP contribution in [0.1, 0.15) is 51.7 Å². The predicted molar refractivity (Wildman–Crippen MR) is 137 cm³/mol. The maximum absolute atomic E-state index is 13.1. The van der Waals surface area contributed by atoms with Crippen LogP contribution in [-0.2, 0) is 20.7 Å². The van der Waals surface area contributed by atoms with Crippen molar-refractivity contribution in [3.8, 4) is 6.07 Å². The Morgan fingerprint density at radius 1 is 1.05 bits per heavy atom. The normalized spacial score (nSPS) is 14.9. The summed E-state index contributed by atoms with van der Waals surface area (Å²) in [5.41, 5.74) is 2.13. The number of anilines is 1. The van der Waals surface area contributed by atoms with Crippen molar-refractivity contribution in [1.82, 2.24) is 4.98 Å². The maximum atomic E-state index is 13.1. The molecule has 1 aromatic heterocycles. The summed E-state index contributed by atoms with van der Waals surface area (Å²) in [5, 5.41) is 9.16. The molecule has 0 bridgehead atoms. The first kappa shape index (κ1) is 25.8. The molecule has 0 N–H and O–H groups in total. The molecule has 186 valence electrons. The molecule has 0 spiro atoms. The highest BCUT2D eigenvalue weighted by Crippen LogP contribution is 2.34. The van der Waals surface area contributed by atoms with Gasteiger partial charge in [0.1, 0.15) is 11.1 Å². The molecule has 9 heteroatoms. The van der Waals surface area contributed by atoms with Crippen molar-refractivity contribution >= 4 is 41.0 Å². The lowest BCUT2D eigenvalue weighted by Crippen LogP contribution is -2.31. The molecule has 1 aliphatic heterocycles. The van der Waals surface area contributed by atoms with Gasteiger partial charge in [-0.3, -0.25) is 14.4 Å². The Morgan fingerprint density at radius 2 is 1.78 bits per heavy atom. The van der Waals surface area contributed by atoms with Gasteiger partial charge in [-0.25, -0.2) is 14.7 Å². The molecule has 3 aromatic rings. The van der Waals surface area contributed by atoms with Crippen LogP contribution in [0.5, 0.6) is 0 Å². The molecular formula is C28H23N3O5S. The van der Waals surface area contributed by atoms with Crippen molar-refractivity contribution in [2.75, 3.05) is 11.5 Å². The number of carbonyl (C=O) groups is 4. The fraction of sp³-hybridized carbons (Fsp3) is 0.214. The van der Waals surface area contributed by atoms with E-state index in [0.29, 0.717) is 21.8 Å². The lowest BCUT2D eigenvalue weighted by Gasteiger charge is -2.15. The SMILES string of the molecule is CCCc1ccc(C#N)c(SC2CC(=O)N(c3ccc(C(=O)OCC(=O)c4ccccc4)cc3)C2=O)n1. The Labute approximate surface area is 218 Å². The number of hydrogen-bond donors (Lipinski definition) is 0. The molecule has 8 nitrogen and oxygen atoms in total. The minimum atomic E-state index is -0.711. The first-order valence-corrected chi connectivity index (χ1v) is 12.6. The van der Waals surface area contributed by atoms with Gasteiger partial charge >= 0.3 is 5.97 Å². The number of carbonyl (C=O) groups excluding carboxylic acids is 4. The van der Waals surface area contributed by atoms with Gasteiger partial charge in [-0.1, -0.05) is 55.4 Å². The summed E-state index contributed by atoms with van der Waals surface area (Å²) in [6.07, 6.45) is 1.61. The van der Waals surface area contributed by atoms with Crippen molar-refractivity contribution in [2.45, 2.75) is 36.5 Å². The Bertz CT molecular complexity index is 1380. The van der Waals surface area contributed by atoms with Crippen LogP contribution in [0.2, 0.25) is 0 Å². The zero-order valence-electron chi connectivity index (χ0n) is 20.0. The largest absolute Gasteiger partial charge is 0.454 e. The third-order valence-electron chi connectivity index (χ3n) is 5.69. The molecule has 1 saturated heterocycles. The Kier molecular flexibility index (Phi) is 8.11. The number of pyridine rings is 1. The number of imide groups is 1. The summed E-state index contributed by atoms with van der Waals surface area (Å²) in [6.45, 7) is 1.63. The van der Waals surface area contributed by atoms with Crippen LogP contribution in [0.3, 0.4) is 0 Å². The van der Waals surface area contributed by atoms with Crippen LogP contribution in [0.25, 0.3) is 0 Å². The van der Waals surface area contributed by atoms with E-state index < -0.39 is 23.7 Å². The number of ketones is 1. The van der Waals surface area contributed by atoms with Crippen LogP contribution >= 0.6 is 11.8 Å². The topological polar surface area (TPSA) is 117 Å². The summed E-state index contributed by atoms with van der Waals surface area (Å²) in [4.78, 5) is 55.9. The third kappa shape index (κ3) is 5.93. The number of ether oxygens (including phenoxy) is 1. The fourth-order valence-electron chi connectivity index (χ4n) is 3.82. The average molecular weight is 514 g/mol. The van der Waals surface area contributed by atoms with E-state index in [9.17, 15) is 24.4 Å². The van der Waals surface area contributed by atoms with Crippen LogP contribution in [0.15, 0.2) is 71.8 Å². The van der Waals surface area contributed by atoms with Crippen molar-refractivity contribution < 1.29 is 23.9 Å². The van der Waals surface area contributed by atoms with E-state index in [4.69, 9.17) is 4.74 Å². The van der Waals surface area contributed by atoms with Crippen molar-refractivity contribution in [3.05, 3.63) is 89.1 Å². The predicted octanol–water partition coefficient (Wildman–Crippen LogP) is 4.37. The number of nitriles is 1. The Hall–Kier alpha value is -4.29. The second kappa shape index (κ2) is 11.6. The lowest BCUT2D eigenvalue weighted by molar-refractivity contribution is -0.121. The van der Waals surface area contributed by atoms with E-state index in [2.05, 4.69) is 11.1 Å². The number of nitrogens with zero attached hydrogens (tertiary/aromatic N) is 3. The molecule has 0 saturated carbocycles. The number of rotatable bonds is 9. The van der Waals surface area contributed by atoms with Crippen LogP contribution in [0.4, 0.5) is 5.69 Å². The molecule has 1 unspecified atom stereocenters. The van der Waals surface area contributed by atoms with Gasteiger partial charge in [0, 0.05) is 17.7 Å². The summed E-state index contributed by atoms with van der Waals surface area (Å²) in [5.74, 6) is -1.80. The molecule has 0 radical (unpaired) electrons. The highest BCUT2D eigenvalue weighted by molar-refractivity contribution is 8.00. The van der Waals surface area contributed by atoms with Gasteiger partial charge in [-0.05, 0) is 42.8 Å². The molecule has 2 aromatic carbocycles. The molecule has 2 amide bonds. The van der Waals surface area contributed by atoms with E-state index in [1.807, 2.05) is 6.92 Å². The molecule has 2 heterocycles. The second-order valence-electron chi connectivity index (χ2n) is 8.31. The van der Waals surface area contributed by atoms with Gasteiger partial charge < -0.3 is 4.74 Å². The molecular weight excluding hydrogens is 490 g/mol. The number of thioether (sulfide) groups is 1. The van der Waals surface area contributed by atoms with E-state index >= 15 is 0 Å². The molecule has 1 fully saturated rings. The summed E-state index contributed by atoms with van der Waals surface area (Å²) < 4.78 is 5.11. The maximum Gasteiger partial charge on any atom is 0.338 e.